The van der Waals surface area contributed by atoms with Crippen LogP contribution in [-0.4, -0.2) is 59.5 Å². The van der Waals surface area contributed by atoms with Gasteiger partial charge in [0.25, 0.3) is 5.91 Å². The highest BCUT2D eigenvalue weighted by molar-refractivity contribution is 5.92. The van der Waals surface area contributed by atoms with Crippen LogP contribution in [0.4, 0.5) is 11.5 Å². The smallest absolute Gasteiger partial charge is 0.274 e. The fraction of sp³-hybridized carbons (Fsp3) is 0.522. The summed E-state index contributed by atoms with van der Waals surface area (Å²) in [6, 6.07) is 8.99. The summed E-state index contributed by atoms with van der Waals surface area (Å²) in [7, 11) is 0. The number of carbonyl (C=O) groups is 1. The van der Waals surface area contributed by atoms with E-state index in [0.717, 1.165) is 57.8 Å². The molecule has 1 aromatic heterocycles. The number of aryl methyl sites for hydroxylation is 1. The van der Waals surface area contributed by atoms with E-state index < -0.39 is 0 Å². The molecule has 3 heterocycles. The third-order valence-electron chi connectivity index (χ3n) is 6.19. The number of hydrogen-bond donors (Lipinski definition) is 0. The number of likely N-dealkylation sites (tertiary alicyclic amines) is 1. The highest BCUT2D eigenvalue weighted by atomic mass is 16.2. The van der Waals surface area contributed by atoms with Crippen molar-refractivity contribution in [3.05, 3.63) is 47.9 Å². The first kappa shape index (κ1) is 19.7. The molecule has 0 aliphatic carbocycles. The largest absolute Gasteiger partial charge is 0.368 e. The number of rotatable bonds is 4. The van der Waals surface area contributed by atoms with Gasteiger partial charge in [0, 0.05) is 44.5 Å². The van der Waals surface area contributed by atoms with Gasteiger partial charge >= 0.3 is 0 Å². The number of piperazine rings is 1. The molecule has 0 radical (unpaired) electrons. The molecule has 0 bridgehead atoms. The van der Waals surface area contributed by atoms with Crippen LogP contribution in [0.3, 0.4) is 0 Å². The average Bonchev–Trinajstić information content (AvgIpc) is 2.79. The number of amides is 1. The Morgan fingerprint density at radius 2 is 1.83 bits per heavy atom. The fourth-order valence-electron chi connectivity index (χ4n) is 4.45. The summed E-state index contributed by atoms with van der Waals surface area (Å²) in [4.78, 5) is 28.6. The van der Waals surface area contributed by atoms with E-state index >= 15 is 0 Å². The molecule has 4 rings (SSSR count). The molecule has 1 aromatic carbocycles. The van der Waals surface area contributed by atoms with Crippen molar-refractivity contribution >= 4 is 17.4 Å². The normalized spacial score (nSPS) is 20.1. The highest BCUT2D eigenvalue weighted by Gasteiger charge is 2.27. The summed E-state index contributed by atoms with van der Waals surface area (Å²) in [5.41, 5.74) is 3.03. The minimum absolute atomic E-state index is 0.0277. The van der Waals surface area contributed by atoms with E-state index in [0.29, 0.717) is 11.7 Å². The molecule has 29 heavy (non-hydrogen) atoms. The number of piperidine rings is 1. The van der Waals surface area contributed by atoms with Crippen LogP contribution in [0.5, 0.6) is 0 Å². The van der Waals surface area contributed by atoms with Crippen molar-refractivity contribution in [2.75, 3.05) is 42.5 Å². The lowest BCUT2D eigenvalue weighted by Gasteiger charge is -2.37. The van der Waals surface area contributed by atoms with E-state index in [1.165, 1.54) is 17.7 Å². The number of nitrogens with zero attached hydrogens (tertiary/aromatic N) is 5. The van der Waals surface area contributed by atoms with E-state index in [1.54, 1.807) is 12.4 Å². The summed E-state index contributed by atoms with van der Waals surface area (Å²) in [5, 5.41) is 0. The molecular weight excluding hydrogens is 362 g/mol. The number of aromatic nitrogens is 2. The predicted octanol–water partition coefficient (Wildman–Crippen LogP) is 3.52. The van der Waals surface area contributed by atoms with Gasteiger partial charge in [-0.25, -0.2) is 9.97 Å². The maximum Gasteiger partial charge on any atom is 0.274 e. The van der Waals surface area contributed by atoms with E-state index in [4.69, 9.17) is 0 Å². The summed E-state index contributed by atoms with van der Waals surface area (Å²) in [6.45, 7) is 8.84. The van der Waals surface area contributed by atoms with E-state index in [1.807, 2.05) is 4.90 Å². The molecule has 154 valence electrons. The number of benzene rings is 1. The maximum absolute atomic E-state index is 12.9. The zero-order valence-corrected chi connectivity index (χ0v) is 17.5. The molecule has 6 nitrogen and oxygen atoms in total. The van der Waals surface area contributed by atoms with Crippen molar-refractivity contribution in [3.63, 3.8) is 0 Å². The second-order valence-electron chi connectivity index (χ2n) is 8.13. The molecule has 2 saturated heterocycles. The van der Waals surface area contributed by atoms with Crippen LogP contribution in [0.1, 0.15) is 48.7 Å². The molecule has 1 amide bonds. The lowest BCUT2D eigenvalue weighted by Crippen LogP contribution is -2.47. The SMILES string of the molecule is CCC1CCCCN1C(=O)c1cnc(N2CCN(c3cccc(C)c3)CC2)cn1. The second kappa shape index (κ2) is 8.80. The number of anilines is 2. The first-order chi connectivity index (χ1) is 14.2. The van der Waals surface area contributed by atoms with Crippen LogP contribution in [0.25, 0.3) is 0 Å². The summed E-state index contributed by atoms with van der Waals surface area (Å²) < 4.78 is 0. The van der Waals surface area contributed by atoms with Crippen molar-refractivity contribution in [2.24, 2.45) is 0 Å². The minimum atomic E-state index is 0.0277. The Morgan fingerprint density at radius 3 is 2.52 bits per heavy atom. The molecule has 1 atom stereocenters. The third kappa shape index (κ3) is 4.36. The summed E-state index contributed by atoms with van der Waals surface area (Å²) in [5.74, 6) is 0.885. The van der Waals surface area contributed by atoms with Gasteiger partial charge < -0.3 is 14.7 Å². The zero-order valence-electron chi connectivity index (χ0n) is 17.5. The second-order valence-corrected chi connectivity index (χ2v) is 8.13. The first-order valence-corrected chi connectivity index (χ1v) is 10.9. The van der Waals surface area contributed by atoms with Gasteiger partial charge in [0.15, 0.2) is 0 Å². The first-order valence-electron chi connectivity index (χ1n) is 10.9. The van der Waals surface area contributed by atoms with Crippen molar-refractivity contribution in [3.8, 4) is 0 Å². The molecule has 2 aliphatic rings. The molecule has 1 unspecified atom stereocenters. The molecule has 0 N–H and O–H groups in total. The predicted molar refractivity (Wildman–Crippen MR) is 117 cm³/mol. The molecule has 0 saturated carbocycles. The Balaban J connectivity index is 1.38. The van der Waals surface area contributed by atoms with Crippen molar-refractivity contribution in [2.45, 2.75) is 45.6 Å². The Bertz CT molecular complexity index is 829. The average molecular weight is 394 g/mol. The van der Waals surface area contributed by atoms with E-state index in [9.17, 15) is 4.79 Å². The van der Waals surface area contributed by atoms with Crippen LogP contribution in [0.2, 0.25) is 0 Å². The fourth-order valence-corrected chi connectivity index (χ4v) is 4.45. The molecule has 0 spiro atoms. The topological polar surface area (TPSA) is 52.6 Å². The van der Waals surface area contributed by atoms with Crippen LogP contribution in [-0.2, 0) is 0 Å². The molecule has 2 aromatic rings. The Labute approximate surface area is 173 Å². The molecule has 2 aliphatic heterocycles. The lowest BCUT2D eigenvalue weighted by molar-refractivity contribution is 0.0601. The lowest BCUT2D eigenvalue weighted by atomic mass is 10.00. The van der Waals surface area contributed by atoms with Gasteiger partial charge in [0.1, 0.15) is 11.5 Å². The van der Waals surface area contributed by atoms with Crippen molar-refractivity contribution < 1.29 is 4.79 Å². The van der Waals surface area contributed by atoms with Crippen LogP contribution < -0.4 is 9.80 Å². The molecular formula is C23H31N5O. The van der Waals surface area contributed by atoms with Crippen LogP contribution in [0.15, 0.2) is 36.7 Å². The minimum Gasteiger partial charge on any atom is -0.368 e. The van der Waals surface area contributed by atoms with Crippen molar-refractivity contribution in [1.82, 2.24) is 14.9 Å². The van der Waals surface area contributed by atoms with E-state index in [2.05, 4.69) is 57.9 Å². The summed E-state index contributed by atoms with van der Waals surface area (Å²) in [6.07, 6.45) is 7.81. The number of carbonyl (C=O) groups excluding carboxylic acids is 1. The highest BCUT2D eigenvalue weighted by Crippen LogP contribution is 2.22. The Morgan fingerprint density at radius 1 is 1.03 bits per heavy atom. The van der Waals surface area contributed by atoms with Gasteiger partial charge in [0.05, 0.1) is 12.4 Å². The standard InChI is InChI=1S/C23H31N5O/c1-3-19-8-4-5-10-28(19)23(29)21-16-25-22(17-24-21)27-13-11-26(12-14-27)20-9-6-7-18(2)15-20/h6-7,9,15-17,19H,3-5,8,10-14H2,1-2H3. The van der Waals surface area contributed by atoms with Gasteiger partial charge in [0.2, 0.25) is 0 Å². The van der Waals surface area contributed by atoms with Gasteiger partial charge in [-0.3, -0.25) is 4.79 Å². The molecule has 6 heteroatoms. The third-order valence-corrected chi connectivity index (χ3v) is 6.19. The summed E-state index contributed by atoms with van der Waals surface area (Å²) >= 11 is 0. The van der Waals surface area contributed by atoms with E-state index in [-0.39, 0.29) is 5.91 Å². The number of hydrogen-bond acceptors (Lipinski definition) is 5. The van der Waals surface area contributed by atoms with Gasteiger partial charge in [-0.1, -0.05) is 19.1 Å². The monoisotopic (exact) mass is 393 g/mol. The van der Waals surface area contributed by atoms with Gasteiger partial charge in [-0.15, -0.1) is 0 Å². The molecule has 2 fully saturated rings. The van der Waals surface area contributed by atoms with Gasteiger partial charge in [-0.05, 0) is 50.3 Å². The Kier molecular flexibility index (Phi) is 5.97. The van der Waals surface area contributed by atoms with Gasteiger partial charge in [-0.2, -0.15) is 0 Å². The van der Waals surface area contributed by atoms with Crippen LogP contribution >= 0.6 is 0 Å². The maximum atomic E-state index is 12.9. The van der Waals surface area contributed by atoms with Crippen LogP contribution in [0, 0.1) is 6.92 Å². The quantitative estimate of drug-likeness (QED) is 0.796. The van der Waals surface area contributed by atoms with Crippen molar-refractivity contribution in [1.29, 1.82) is 0 Å². The Hall–Kier alpha value is -2.63. The zero-order chi connectivity index (χ0) is 20.2.